The van der Waals surface area contributed by atoms with Crippen LogP contribution in [0.25, 0.3) is 0 Å². The van der Waals surface area contributed by atoms with E-state index >= 15 is 0 Å². The van der Waals surface area contributed by atoms with Crippen molar-refractivity contribution in [3.05, 3.63) is 59.7 Å². The second-order valence-corrected chi connectivity index (χ2v) is 7.41. The van der Waals surface area contributed by atoms with E-state index < -0.39 is 21.8 Å². The molecule has 0 aliphatic heterocycles. The number of ether oxygens (including phenoxy) is 1. The summed E-state index contributed by atoms with van der Waals surface area (Å²) in [5.74, 6) is 0.544. The summed E-state index contributed by atoms with van der Waals surface area (Å²) in [6.45, 7) is 2.11. The average Bonchev–Trinajstić information content (AvgIpc) is 2.55. The molecule has 0 N–H and O–H groups in total. The molecule has 0 radical (unpaired) electrons. The highest BCUT2D eigenvalue weighted by atomic mass is 32.2. The Morgan fingerprint density at radius 3 is 2.28 bits per heavy atom. The van der Waals surface area contributed by atoms with Crippen LogP contribution in [0, 0.1) is 0 Å². The fourth-order valence-electron chi connectivity index (χ4n) is 2.24. The van der Waals surface area contributed by atoms with Crippen LogP contribution in [0.4, 0.5) is 13.2 Å². The lowest BCUT2D eigenvalue weighted by Gasteiger charge is -2.18. The highest BCUT2D eigenvalue weighted by molar-refractivity contribution is 7.89. The van der Waals surface area contributed by atoms with Crippen molar-refractivity contribution in [2.45, 2.75) is 24.5 Å². The Labute approximate surface area is 144 Å². The summed E-state index contributed by atoms with van der Waals surface area (Å²) in [7, 11) is -2.50. The van der Waals surface area contributed by atoms with Gasteiger partial charge in [0.1, 0.15) is 5.75 Å². The van der Waals surface area contributed by atoms with Gasteiger partial charge in [0.15, 0.2) is 0 Å². The summed E-state index contributed by atoms with van der Waals surface area (Å²) in [5.41, 5.74) is -0.552. The molecule has 2 aromatic carbocycles. The van der Waals surface area contributed by atoms with Gasteiger partial charge in [0, 0.05) is 13.6 Å². The number of hydrogen-bond acceptors (Lipinski definition) is 3. The molecule has 0 saturated carbocycles. The molecule has 0 saturated heterocycles. The van der Waals surface area contributed by atoms with Crippen molar-refractivity contribution in [3.8, 4) is 5.75 Å². The molecule has 136 valence electrons. The minimum Gasteiger partial charge on any atom is -0.494 e. The summed E-state index contributed by atoms with van der Waals surface area (Å²) in [6.07, 6.45) is -4.47. The van der Waals surface area contributed by atoms with E-state index in [1.165, 1.54) is 43.4 Å². The summed E-state index contributed by atoms with van der Waals surface area (Å²) in [6, 6.07) is 10.5. The highest BCUT2D eigenvalue weighted by Crippen LogP contribution is 2.30. The number of alkyl halides is 3. The molecule has 0 atom stereocenters. The topological polar surface area (TPSA) is 46.6 Å². The maximum Gasteiger partial charge on any atom is 0.416 e. The Kier molecular flexibility index (Phi) is 5.74. The molecule has 0 amide bonds. The number of sulfonamides is 1. The monoisotopic (exact) mass is 373 g/mol. The Hall–Kier alpha value is -2.06. The maximum absolute atomic E-state index is 12.8. The first-order valence-corrected chi connectivity index (χ1v) is 8.94. The molecule has 0 fully saturated rings. The van der Waals surface area contributed by atoms with Crippen molar-refractivity contribution in [3.63, 3.8) is 0 Å². The van der Waals surface area contributed by atoms with Gasteiger partial charge in [0.2, 0.25) is 10.0 Å². The van der Waals surface area contributed by atoms with Crippen molar-refractivity contribution in [2.24, 2.45) is 0 Å². The Morgan fingerprint density at radius 1 is 1.08 bits per heavy atom. The van der Waals surface area contributed by atoms with Crippen LogP contribution in [0.2, 0.25) is 0 Å². The van der Waals surface area contributed by atoms with Crippen molar-refractivity contribution in [2.75, 3.05) is 13.7 Å². The molecule has 0 bridgehead atoms. The van der Waals surface area contributed by atoms with E-state index in [2.05, 4.69) is 0 Å². The van der Waals surface area contributed by atoms with Crippen LogP contribution in [0.5, 0.6) is 5.75 Å². The van der Waals surface area contributed by atoms with Gasteiger partial charge in [-0.3, -0.25) is 0 Å². The zero-order valence-electron chi connectivity index (χ0n) is 13.7. The van der Waals surface area contributed by atoms with Crippen LogP contribution in [0.15, 0.2) is 53.4 Å². The van der Waals surface area contributed by atoms with Gasteiger partial charge in [-0.25, -0.2) is 8.42 Å². The van der Waals surface area contributed by atoms with E-state index in [0.717, 1.165) is 16.4 Å². The van der Waals surface area contributed by atoms with E-state index in [-0.39, 0.29) is 17.0 Å². The third-order valence-corrected chi connectivity index (χ3v) is 5.32. The second kappa shape index (κ2) is 7.45. The lowest BCUT2D eigenvalue weighted by molar-refractivity contribution is -0.137. The maximum atomic E-state index is 12.8. The molecule has 0 heterocycles. The quantitative estimate of drug-likeness (QED) is 0.771. The van der Waals surface area contributed by atoms with Crippen molar-refractivity contribution < 1.29 is 26.3 Å². The zero-order valence-corrected chi connectivity index (χ0v) is 14.6. The Bertz CT molecular complexity index is 818. The molecule has 4 nitrogen and oxygen atoms in total. The first-order valence-electron chi connectivity index (χ1n) is 7.50. The van der Waals surface area contributed by atoms with Gasteiger partial charge in [-0.05, 0) is 42.8 Å². The van der Waals surface area contributed by atoms with Crippen molar-refractivity contribution in [1.29, 1.82) is 0 Å². The fraction of sp³-hybridized carbons (Fsp3) is 0.294. The van der Waals surface area contributed by atoms with Crippen LogP contribution in [-0.4, -0.2) is 26.4 Å². The summed E-state index contributed by atoms with van der Waals surface area (Å²) in [4.78, 5) is 0.0467. The van der Waals surface area contributed by atoms with E-state index in [0.29, 0.717) is 12.4 Å². The molecule has 0 unspecified atom stereocenters. The minimum atomic E-state index is -4.47. The SMILES string of the molecule is CCOc1ccc(S(=O)(=O)N(C)Cc2cccc(C(F)(F)F)c2)cc1. The van der Waals surface area contributed by atoms with Gasteiger partial charge in [0.05, 0.1) is 17.1 Å². The molecule has 2 aromatic rings. The van der Waals surface area contributed by atoms with Crippen LogP contribution in [0.1, 0.15) is 18.1 Å². The largest absolute Gasteiger partial charge is 0.494 e. The van der Waals surface area contributed by atoms with Crippen LogP contribution in [0.3, 0.4) is 0 Å². The lowest BCUT2D eigenvalue weighted by Crippen LogP contribution is -2.26. The van der Waals surface area contributed by atoms with E-state index in [9.17, 15) is 21.6 Å². The first kappa shape index (κ1) is 19.3. The van der Waals surface area contributed by atoms with E-state index in [1.54, 1.807) is 0 Å². The predicted molar refractivity (Wildman–Crippen MR) is 87.7 cm³/mol. The van der Waals surface area contributed by atoms with Gasteiger partial charge in [-0.15, -0.1) is 0 Å². The van der Waals surface area contributed by atoms with E-state index in [4.69, 9.17) is 4.74 Å². The third kappa shape index (κ3) is 4.73. The zero-order chi connectivity index (χ0) is 18.7. The molecule has 2 rings (SSSR count). The van der Waals surface area contributed by atoms with Crippen LogP contribution < -0.4 is 4.74 Å². The van der Waals surface area contributed by atoms with Crippen molar-refractivity contribution in [1.82, 2.24) is 4.31 Å². The lowest BCUT2D eigenvalue weighted by atomic mass is 10.1. The Balaban J connectivity index is 2.20. The first-order chi connectivity index (χ1) is 11.6. The molecular formula is C17H18F3NO3S. The number of hydrogen-bond donors (Lipinski definition) is 0. The van der Waals surface area contributed by atoms with Crippen molar-refractivity contribution >= 4 is 10.0 Å². The highest BCUT2D eigenvalue weighted by Gasteiger charge is 2.30. The van der Waals surface area contributed by atoms with E-state index in [1.807, 2.05) is 6.92 Å². The number of nitrogens with zero attached hydrogens (tertiary/aromatic N) is 1. The minimum absolute atomic E-state index is 0.0467. The summed E-state index contributed by atoms with van der Waals surface area (Å²) >= 11 is 0. The number of benzene rings is 2. The van der Waals surface area contributed by atoms with Crippen LogP contribution in [-0.2, 0) is 22.7 Å². The standard InChI is InChI=1S/C17H18F3NO3S/c1-3-24-15-7-9-16(10-8-15)25(22,23)21(2)12-13-5-4-6-14(11-13)17(18,19)20/h4-11H,3,12H2,1-2H3. The Morgan fingerprint density at radius 2 is 1.72 bits per heavy atom. The van der Waals surface area contributed by atoms with Crippen LogP contribution >= 0.6 is 0 Å². The molecular weight excluding hydrogens is 355 g/mol. The van der Waals surface area contributed by atoms with Gasteiger partial charge in [-0.2, -0.15) is 17.5 Å². The smallest absolute Gasteiger partial charge is 0.416 e. The summed E-state index contributed by atoms with van der Waals surface area (Å²) in [5, 5.41) is 0. The fourth-order valence-corrected chi connectivity index (χ4v) is 3.40. The van der Waals surface area contributed by atoms with Gasteiger partial charge < -0.3 is 4.74 Å². The molecule has 0 aliphatic carbocycles. The number of halogens is 3. The average molecular weight is 373 g/mol. The molecule has 25 heavy (non-hydrogen) atoms. The van der Waals surface area contributed by atoms with Gasteiger partial charge in [-0.1, -0.05) is 18.2 Å². The predicted octanol–water partition coefficient (Wildman–Crippen LogP) is 3.92. The summed E-state index contributed by atoms with van der Waals surface area (Å²) < 4.78 is 69.7. The second-order valence-electron chi connectivity index (χ2n) is 5.36. The third-order valence-electron chi connectivity index (χ3n) is 3.50. The molecule has 0 aliphatic rings. The molecule has 8 heteroatoms. The molecule has 0 spiro atoms. The van der Waals surface area contributed by atoms with Gasteiger partial charge >= 0.3 is 6.18 Å². The van der Waals surface area contributed by atoms with Gasteiger partial charge in [0.25, 0.3) is 0 Å². The normalized spacial score (nSPS) is 12.4. The molecule has 0 aromatic heterocycles. The number of rotatable bonds is 6.